The van der Waals surface area contributed by atoms with E-state index in [0.717, 1.165) is 0 Å². The summed E-state index contributed by atoms with van der Waals surface area (Å²) in [7, 11) is 0. The fraction of sp³-hybridized carbons (Fsp3) is 0. The number of hydrogen-bond acceptors (Lipinski definition) is 2. The molecule has 0 spiro atoms. The van der Waals surface area contributed by atoms with E-state index in [1.165, 1.54) is 41.1 Å². The second kappa shape index (κ2) is 3.98. The minimum atomic E-state index is -0.379. The van der Waals surface area contributed by atoms with Crippen LogP contribution in [-0.4, -0.2) is 4.57 Å². The summed E-state index contributed by atoms with van der Waals surface area (Å²) in [5.74, 6) is -0.369. The summed E-state index contributed by atoms with van der Waals surface area (Å²) in [5.41, 5.74) is 5.69. The van der Waals surface area contributed by atoms with E-state index in [2.05, 4.69) is 0 Å². The molecule has 1 aromatic carbocycles. The highest BCUT2D eigenvalue weighted by Gasteiger charge is 2.04. The van der Waals surface area contributed by atoms with Crippen LogP contribution in [0.25, 0.3) is 5.69 Å². The summed E-state index contributed by atoms with van der Waals surface area (Å²) in [6.07, 6.45) is 1.44. The van der Waals surface area contributed by atoms with Gasteiger partial charge in [-0.15, -0.1) is 0 Å². The van der Waals surface area contributed by atoms with Crippen LogP contribution in [0.3, 0.4) is 0 Å². The van der Waals surface area contributed by atoms with Crippen LogP contribution in [0.2, 0.25) is 5.02 Å². The topological polar surface area (TPSA) is 48.0 Å². The average Bonchev–Trinajstić information content (AvgIpc) is 2.25. The number of hydrogen-bond donors (Lipinski definition) is 1. The predicted molar refractivity (Wildman–Crippen MR) is 61.4 cm³/mol. The molecule has 2 rings (SSSR count). The Morgan fingerprint density at radius 2 is 1.88 bits per heavy atom. The Kier molecular flexibility index (Phi) is 2.66. The molecule has 0 radical (unpaired) electrons. The third-order valence-electron chi connectivity index (χ3n) is 2.12. The molecule has 0 aliphatic rings. The first-order valence-corrected chi connectivity index (χ1v) is 4.89. The highest BCUT2D eigenvalue weighted by atomic mass is 35.5. The van der Waals surface area contributed by atoms with Crippen molar-refractivity contribution in [3.05, 3.63) is 57.7 Å². The lowest BCUT2D eigenvalue weighted by Crippen LogP contribution is -2.20. The SMILES string of the molecule is Nc1cc(Cl)cn(-c2ccc(F)cc2)c1=O. The van der Waals surface area contributed by atoms with Crippen LogP contribution >= 0.6 is 11.6 Å². The predicted octanol–water partition coefficient (Wildman–Crippen LogP) is 2.21. The molecule has 3 nitrogen and oxygen atoms in total. The van der Waals surface area contributed by atoms with Gasteiger partial charge in [0.2, 0.25) is 0 Å². The van der Waals surface area contributed by atoms with E-state index in [4.69, 9.17) is 17.3 Å². The monoisotopic (exact) mass is 238 g/mol. The van der Waals surface area contributed by atoms with Crippen LogP contribution in [0.4, 0.5) is 10.1 Å². The van der Waals surface area contributed by atoms with E-state index in [1.54, 1.807) is 0 Å². The molecule has 1 heterocycles. The van der Waals surface area contributed by atoms with Crippen LogP contribution < -0.4 is 11.3 Å². The maximum Gasteiger partial charge on any atom is 0.278 e. The first-order valence-electron chi connectivity index (χ1n) is 4.51. The summed E-state index contributed by atoms with van der Waals surface area (Å²) in [4.78, 5) is 11.7. The van der Waals surface area contributed by atoms with Crippen molar-refractivity contribution in [3.8, 4) is 5.69 Å². The van der Waals surface area contributed by atoms with Crippen molar-refractivity contribution in [2.75, 3.05) is 5.73 Å². The number of nitrogens with zero attached hydrogens (tertiary/aromatic N) is 1. The van der Waals surface area contributed by atoms with Crippen molar-refractivity contribution in [2.24, 2.45) is 0 Å². The Morgan fingerprint density at radius 1 is 1.25 bits per heavy atom. The van der Waals surface area contributed by atoms with E-state index in [9.17, 15) is 9.18 Å². The van der Waals surface area contributed by atoms with Gasteiger partial charge in [-0.1, -0.05) is 11.6 Å². The summed E-state index contributed by atoms with van der Waals surface area (Å²) in [6.45, 7) is 0. The molecule has 2 N–H and O–H groups in total. The number of nitrogen functional groups attached to an aromatic ring is 1. The number of anilines is 1. The smallest absolute Gasteiger partial charge is 0.278 e. The van der Waals surface area contributed by atoms with Crippen molar-refractivity contribution in [1.82, 2.24) is 4.57 Å². The van der Waals surface area contributed by atoms with Gasteiger partial charge in [0.25, 0.3) is 5.56 Å². The average molecular weight is 239 g/mol. The zero-order valence-electron chi connectivity index (χ0n) is 8.15. The first-order chi connectivity index (χ1) is 7.58. The molecule has 2 aromatic rings. The molecule has 0 bridgehead atoms. The van der Waals surface area contributed by atoms with E-state index in [0.29, 0.717) is 10.7 Å². The maximum absolute atomic E-state index is 12.7. The number of rotatable bonds is 1. The van der Waals surface area contributed by atoms with Gasteiger partial charge in [-0.3, -0.25) is 9.36 Å². The van der Waals surface area contributed by atoms with Gasteiger partial charge >= 0.3 is 0 Å². The molecule has 0 fully saturated rings. The lowest BCUT2D eigenvalue weighted by atomic mass is 10.3. The van der Waals surface area contributed by atoms with E-state index >= 15 is 0 Å². The van der Waals surface area contributed by atoms with Crippen LogP contribution in [0.15, 0.2) is 41.3 Å². The quantitative estimate of drug-likeness (QED) is 0.828. The largest absolute Gasteiger partial charge is 0.394 e. The Labute approximate surface area is 95.9 Å². The molecule has 0 saturated carbocycles. The standard InChI is InChI=1S/C11H8ClFN2O/c12-7-5-10(14)11(16)15(6-7)9-3-1-8(13)2-4-9/h1-6H,14H2. The molecule has 0 unspecified atom stereocenters. The van der Waals surface area contributed by atoms with Crippen molar-refractivity contribution in [1.29, 1.82) is 0 Å². The minimum absolute atomic E-state index is 0.0526. The number of aromatic nitrogens is 1. The third kappa shape index (κ3) is 1.92. The fourth-order valence-electron chi connectivity index (χ4n) is 1.36. The summed E-state index contributed by atoms with van der Waals surface area (Å²) in [5, 5.41) is 0.349. The molecule has 0 amide bonds. The van der Waals surface area contributed by atoms with Crippen molar-refractivity contribution in [2.45, 2.75) is 0 Å². The molecule has 0 aliphatic carbocycles. The molecular formula is C11H8ClFN2O. The van der Waals surface area contributed by atoms with Gasteiger partial charge in [-0.2, -0.15) is 0 Å². The number of benzene rings is 1. The summed E-state index contributed by atoms with van der Waals surface area (Å²) in [6, 6.07) is 6.86. The number of nitrogens with two attached hydrogens (primary N) is 1. The second-order valence-electron chi connectivity index (χ2n) is 3.27. The van der Waals surface area contributed by atoms with Crippen LogP contribution in [0.5, 0.6) is 0 Å². The summed E-state index contributed by atoms with van der Waals surface area (Å²) >= 11 is 5.79. The van der Waals surface area contributed by atoms with Gasteiger partial charge in [-0.05, 0) is 30.3 Å². The van der Waals surface area contributed by atoms with E-state index in [-0.39, 0.29) is 17.1 Å². The molecule has 1 aromatic heterocycles. The first kappa shape index (κ1) is 10.7. The Bertz CT molecular complexity index is 578. The molecule has 0 aliphatic heterocycles. The fourth-order valence-corrected chi connectivity index (χ4v) is 1.58. The zero-order valence-corrected chi connectivity index (χ0v) is 8.91. The molecule has 0 saturated heterocycles. The van der Waals surface area contributed by atoms with Crippen LogP contribution in [0, 0.1) is 5.82 Å². The Balaban J connectivity index is 2.64. The van der Waals surface area contributed by atoms with E-state index < -0.39 is 0 Å². The van der Waals surface area contributed by atoms with Gasteiger partial charge in [0, 0.05) is 11.9 Å². The van der Waals surface area contributed by atoms with Crippen LogP contribution in [0.1, 0.15) is 0 Å². The van der Waals surface area contributed by atoms with Gasteiger partial charge in [0.05, 0.1) is 10.7 Å². The van der Waals surface area contributed by atoms with Gasteiger partial charge in [0.15, 0.2) is 0 Å². The van der Waals surface area contributed by atoms with Gasteiger partial charge < -0.3 is 5.73 Å². The lowest BCUT2D eigenvalue weighted by molar-refractivity contribution is 0.627. The summed E-state index contributed by atoms with van der Waals surface area (Å²) < 4.78 is 14.0. The maximum atomic E-state index is 12.7. The molecule has 0 atom stereocenters. The second-order valence-corrected chi connectivity index (χ2v) is 3.70. The van der Waals surface area contributed by atoms with Crippen molar-refractivity contribution in [3.63, 3.8) is 0 Å². The Hall–Kier alpha value is -1.81. The van der Waals surface area contributed by atoms with Crippen molar-refractivity contribution >= 4 is 17.3 Å². The highest BCUT2D eigenvalue weighted by Crippen LogP contribution is 2.13. The number of halogens is 2. The lowest BCUT2D eigenvalue weighted by Gasteiger charge is -2.07. The molecule has 82 valence electrons. The molecule has 16 heavy (non-hydrogen) atoms. The van der Waals surface area contributed by atoms with Gasteiger partial charge in [-0.25, -0.2) is 4.39 Å². The molecular weight excluding hydrogens is 231 g/mol. The Morgan fingerprint density at radius 3 is 2.50 bits per heavy atom. The normalized spacial score (nSPS) is 10.4. The minimum Gasteiger partial charge on any atom is -0.394 e. The zero-order chi connectivity index (χ0) is 11.7. The highest BCUT2D eigenvalue weighted by molar-refractivity contribution is 6.30. The third-order valence-corrected chi connectivity index (χ3v) is 2.32. The molecule has 5 heteroatoms. The van der Waals surface area contributed by atoms with Gasteiger partial charge in [0.1, 0.15) is 5.82 Å². The number of pyridine rings is 1. The van der Waals surface area contributed by atoms with E-state index in [1.807, 2.05) is 0 Å². The van der Waals surface area contributed by atoms with Crippen molar-refractivity contribution < 1.29 is 4.39 Å². The van der Waals surface area contributed by atoms with Crippen LogP contribution in [-0.2, 0) is 0 Å².